The van der Waals surface area contributed by atoms with Crippen LogP contribution in [0.1, 0.15) is 50.2 Å². The van der Waals surface area contributed by atoms with E-state index in [2.05, 4.69) is 24.3 Å². The lowest BCUT2D eigenvalue weighted by atomic mass is 9.77. The van der Waals surface area contributed by atoms with Crippen LogP contribution in [0.15, 0.2) is 83.8 Å². The third-order valence-corrected chi connectivity index (χ3v) is 7.42. The van der Waals surface area contributed by atoms with Gasteiger partial charge in [0.2, 0.25) is 0 Å². The summed E-state index contributed by atoms with van der Waals surface area (Å²) in [7, 11) is -3.31. The van der Waals surface area contributed by atoms with Crippen molar-refractivity contribution in [3.8, 4) is 11.1 Å². The summed E-state index contributed by atoms with van der Waals surface area (Å²) in [6.07, 6.45) is 1.32. The third kappa shape index (κ3) is 6.53. The van der Waals surface area contributed by atoms with Crippen LogP contribution in [0.5, 0.6) is 0 Å². The van der Waals surface area contributed by atoms with E-state index in [4.69, 9.17) is 9.57 Å². The molecular formula is C29H33NO5S. The molecular weight excluding hydrogens is 474 g/mol. The van der Waals surface area contributed by atoms with Gasteiger partial charge in [-0.1, -0.05) is 66.7 Å². The van der Waals surface area contributed by atoms with Crippen LogP contribution in [0.4, 0.5) is 4.79 Å². The Morgan fingerprint density at radius 2 is 1.50 bits per heavy atom. The molecule has 0 amide bonds. The van der Waals surface area contributed by atoms with Crippen molar-refractivity contribution >= 4 is 16.0 Å². The van der Waals surface area contributed by atoms with Crippen LogP contribution in [-0.2, 0) is 19.4 Å². The summed E-state index contributed by atoms with van der Waals surface area (Å²) in [5, 5.41) is 1.69. The largest absolute Gasteiger partial charge is 0.528 e. The average molecular weight is 508 g/mol. The number of hydrogen-bond acceptors (Lipinski definition) is 6. The van der Waals surface area contributed by atoms with Gasteiger partial charge in [-0.05, 0) is 67.5 Å². The summed E-state index contributed by atoms with van der Waals surface area (Å²) in [5.41, 5.74) is 3.49. The first-order valence-corrected chi connectivity index (χ1v) is 14.0. The summed E-state index contributed by atoms with van der Waals surface area (Å²) in [4.78, 5) is 18.2. The highest BCUT2D eigenvalue weighted by atomic mass is 32.2. The number of carbonyl (C=O) groups is 1. The number of sulfone groups is 1. The first-order chi connectivity index (χ1) is 17.0. The van der Waals surface area contributed by atoms with Crippen LogP contribution in [0.3, 0.4) is 0 Å². The van der Waals surface area contributed by atoms with Crippen LogP contribution in [0, 0.1) is 0 Å². The third-order valence-electron chi connectivity index (χ3n) is 6.31. The van der Waals surface area contributed by atoms with E-state index in [0.29, 0.717) is 18.0 Å². The summed E-state index contributed by atoms with van der Waals surface area (Å²) < 4.78 is 29.5. The lowest BCUT2D eigenvalue weighted by Crippen LogP contribution is -2.40. The Balaban J connectivity index is 1.65. The van der Waals surface area contributed by atoms with E-state index in [-0.39, 0.29) is 11.8 Å². The Morgan fingerprint density at radius 1 is 0.861 bits per heavy atom. The van der Waals surface area contributed by atoms with Gasteiger partial charge in [0.25, 0.3) is 0 Å². The highest BCUT2D eigenvalue weighted by Crippen LogP contribution is 2.41. The summed E-state index contributed by atoms with van der Waals surface area (Å²) >= 11 is 0. The minimum atomic E-state index is -3.31. The van der Waals surface area contributed by atoms with Gasteiger partial charge < -0.3 is 9.57 Å². The first-order valence-electron chi connectivity index (χ1n) is 12.1. The van der Waals surface area contributed by atoms with Crippen LogP contribution >= 0.6 is 0 Å². The molecule has 6 nitrogen and oxygen atoms in total. The molecule has 4 rings (SSSR count). The molecule has 1 heterocycles. The van der Waals surface area contributed by atoms with E-state index >= 15 is 0 Å². The Bertz CT molecular complexity index is 1310. The van der Waals surface area contributed by atoms with Gasteiger partial charge >= 0.3 is 6.16 Å². The number of benzene rings is 3. The molecule has 3 aromatic rings. The van der Waals surface area contributed by atoms with E-state index < -0.39 is 21.6 Å². The first kappa shape index (κ1) is 25.9. The van der Waals surface area contributed by atoms with Crippen LogP contribution in [-0.4, -0.2) is 44.6 Å². The zero-order valence-electron chi connectivity index (χ0n) is 21.2. The van der Waals surface area contributed by atoms with Crippen molar-refractivity contribution in [1.82, 2.24) is 5.06 Å². The van der Waals surface area contributed by atoms with Crippen molar-refractivity contribution in [1.29, 1.82) is 0 Å². The summed E-state index contributed by atoms with van der Waals surface area (Å²) in [6, 6.07) is 25.6. The van der Waals surface area contributed by atoms with Crippen LogP contribution in [0.25, 0.3) is 11.1 Å². The van der Waals surface area contributed by atoms with E-state index in [1.165, 1.54) is 11.8 Å². The zero-order valence-corrected chi connectivity index (χ0v) is 22.0. The fourth-order valence-corrected chi connectivity index (χ4v) is 5.34. The fraction of sp³-hybridized carbons (Fsp3) is 0.345. The number of piperidine rings is 1. The van der Waals surface area contributed by atoms with Gasteiger partial charge in [0.05, 0.1) is 4.90 Å². The van der Waals surface area contributed by atoms with Gasteiger partial charge in [-0.2, -0.15) is 0 Å². The van der Waals surface area contributed by atoms with Crippen molar-refractivity contribution in [3.63, 3.8) is 0 Å². The Kier molecular flexibility index (Phi) is 7.52. The molecule has 0 spiro atoms. The normalized spacial score (nSPS) is 19.0. The number of carbonyl (C=O) groups excluding carboxylic acids is 1. The highest BCUT2D eigenvalue weighted by Gasteiger charge is 2.34. The summed E-state index contributed by atoms with van der Waals surface area (Å²) in [6.45, 7) is 6.55. The smallest absolute Gasteiger partial charge is 0.427 e. The number of rotatable bonds is 5. The summed E-state index contributed by atoms with van der Waals surface area (Å²) in [5.74, 6) is 0.295. The number of hydroxylamine groups is 2. The van der Waals surface area contributed by atoms with Crippen molar-refractivity contribution in [2.75, 3.05) is 19.3 Å². The lowest BCUT2D eigenvalue weighted by molar-refractivity contribution is -0.155. The van der Waals surface area contributed by atoms with Gasteiger partial charge in [0.1, 0.15) is 5.60 Å². The molecule has 1 aliphatic heterocycles. The van der Waals surface area contributed by atoms with Gasteiger partial charge in [-0.3, -0.25) is 0 Å². The molecule has 2 atom stereocenters. The SMILES string of the molecule is CC(C)(C)OC(=O)ON1CC[C@H](c2ccccc2)[C@@H](c2cccc(-c3cccc(S(C)(=O)=O)c3)c2)C1. The molecule has 0 bridgehead atoms. The van der Waals surface area contributed by atoms with E-state index in [1.54, 1.807) is 23.3 Å². The van der Waals surface area contributed by atoms with Gasteiger partial charge in [-0.15, -0.1) is 5.06 Å². The molecule has 1 saturated heterocycles. The van der Waals surface area contributed by atoms with E-state index in [1.807, 2.05) is 57.2 Å². The minimum absolute atomic E-state index is 0.0571. The molecule has 0 aromatic heterocycles. The molecule has 3 aromatic carbocycles. The van der Waals surface area contributed by atoms with Gasteiger partial charge in [-0.25, -0.2) is 13.2 Å². The molecule has 0 saturated carbocycles. The monoisotopic (exact) mass is 507 g/mol. The van der Waals surface area contributed by atoms with Crippen LogP contribution in [0.2, 0.25) is 0 Å². The Labute approximate surface area is 213 Å². The molecule has 1 aliphatic rings. The van der Waals surface area contributed by atoms with Crippen LogP contribution < -0.4 is 0 Å². The molecule has 36 heavy (non-hydrogen) atoms. The zero-order chi connectivity index (χ0) is 25.9. The van der Waals surface area contributed by atoms with Gasteiger partial charge in [0, 0.05) is 25.3 Å². The second-order valence-corrected chi connectivity index (χ2v) is 12.3. The second kappa shape index (κ2) is 10.4. The highest BCUT2D eigenvalue weighted by molar-refractivity contribution is 7.90. The van der Waals surface area contributed by atoms with Crippen molar-refractivity contribution in [2.24, 2.45) is 0 Å². The Hall–Kier alpha value is -3.16. The molecule has 0 unspecified atom stereocenters. The van der Waals surface area contributed by atoms with Crippen molar-refractivity contribution in [2.45, 2.75) is 49.5 Å². The molecule has 190 valence electrons. The quantitative estimate of drug-likeness (QED) is 0.383. The average Bonchev–Trinajstić information content (AvgIpc) is 2.83. The maximum Gasteiger partial charge on any atom is 0.528 e. The molecule has 0 radical (unpaired) electrons. The Morgan fingerprint density at radius 3 is 2.17 bits per heavy atom. The molecule has 7 heteroatoms. The van der Waals surface area contributed by atoms with Crippen molar-refractivity contribution in [3.05, 3.63) is 90.0 Å². The predicted octanol–water partition coefficient (Wildman–Crippen LogP) is 6.20. The molecule has 1 fully saturated rings. The standard InChI is InChI=1S/C29H33NO5S/c1-29(2,3)34-28(31)35-30-17-16-26(21-10-6-5-7-11-21)27(20-30)24-14-8-12-22(18-24)23-13-9-15-25(19-23)36(4,32)33/h5-15,18-19,26-27H,16-17,20H2,1-4H3/t26-,27-/m1/s1. The molecule has 0 N–H and O–H groups in total. The van der Waals surface area contributed by atoms with E-state index in [9.17, 15) is 13.2 Å². The fourth-order valence-electron chi connectivity index (χ4n) is 4.67. The van der Waals surface area contributed by atoms with Gasteiger partial charge in [0.15, 0.2) is 9.84 Å². The maximum absolute atomic E-state index is 12.3. The van der Waals surface area contributed by atoms with Crippen molar-refractivity contribution < 1.29 is 22.8 Å². The molecule has 0 aliphatic carbocycles. The lowest BCUT2D eigenvalue weighted by Gasteiger charge is -2.38. The number of nitrogens with zero attached hydrogens (tertiary/aromatic N) is 1. The minimum Gasteiger partial charge on any atom is -0.427 e. The second-order valence-electron chi connectivity index (χ2n) is 10.3. The predicted molar refractivity (Wildman–Crippen MR) is 140 cm³/mol. The topological polar surface area (TPSA) is 72.9 Å². The van der Waals surface area contributed by atoms with E-state index in [0.717, 1.165) is 23.1 Å². The number of ether oxygens (including phenoxy) is 1. The maximum atomic E-state index is 12.3. The number of hydrogen-bond donors (Lipinski definition) is 0.